The van der Waals surface area contributed by atoms with Crippen LogP contribution in [0, 0.1) is 5.41 Å². The number of carbonyl (C=O) groups excluding carboxylic acids is 1. The summed E-state index contributed by atoms with van der Waals surface area (Å²) in [6.45, 7) is 6.83. The molecule has 0 aliphatic heterocycles. The molecule has 1 rings (SSSR count). The van der Waals surface area contributed by atoms with E-state index in [1.807, 2.05) is 6.92 Å². The van der Waals surface area contributed by atoms with Crippen molar-refractivity contribution in [2.45, 2.75) is 51.9 Å². The standard InChI is InChI=1S/C15H25NO3/c1-3-10-16(11-4-2)13(17)12-15(14(18)19)8-6-5-7-9-15/h3H,1,4-12H2,2H3,(H,18,19). The van der Waals surface area contributed by atoms with Gasteiger partial charge in [0.25, 0.3) is 0 Å². The highest BCUT2D eigenvalue weighted by molar-refractivity contribution is 5.85. The maximum Gasteiger partial charge on any atom is 0.310 e. The Hall–Kier alpha value is -1.32. The number of carboxylic acids is 1. The van der Waals surface area contributed by atoms with E-state index in [0.717, 1.165) is 25.7 Å². The summed E-state index contributed by atoms with van der Waals surface area (Å²) in [4.78, 5) is 25.6. The quantitative estimate of drug-likeness (QED) is 0.722. The second kappa shape index (κ2) is 7.31. The van der Waals surface area contributed by atoms with Crippen molar-refractivity contribution < 1.29 is 14.7 Å². The zero-order chi connectivity index (χ0) is 14.3. The molecule has 0 aromatic heterocycles. The minimum Gasteiger partial charge on any atom is -0.481 e. The van der Waals surface area contributed by atoms with Crippen molar-refractivity contribution in [1.82, 2.24) is 4.90 Å². The smallest absolute Gasteiger partial charge is 0.310 e. The van der Waals surface area contributed by atoms with E-state index in [0.29, 0.717) is 25.9 Å². The molecule has 1 amide bonds. The molecule has 0 radical (unpaired) electrons. The molecule has 1 aliphatic rings. The van der Waals surface area contributed by atoms with Crippen molar-refractivity contribution in [2.24, 2.45) is 5.41 Å². The van der Waals surface area contributed by atoms with Crippen LogP contribution in [0.15, 0.2) is 12.7 Å². The average molecular weight is 267 g/mol. The van der Waals surface area contributed by atoms with Gasteiger partial charge in [0.15, 0.2) is 0 Å². The van der Waals surface area contributed by atoms with Gasteiger partial charge in [-0.1, -0.05) is 32.3 Å². The first-order valence-electron chi connectivity index (χ1n) is 7.18. The summed E-state index contributed by atoms with van der Waals surface area (Å²) in [7, 11) is 0. The number of carbonyl (C=O) groups is 2. The van der Waals surface area contributed by atoms with Gasteiger partial charge in [-0.05, 0) is 19.3 Å². The normalized spacial score (nSPS) is 17.7. The van der Waals surface area contributed by atoms with Gasteiger partial charge in [-0.15, -0.1) is 6.58 Å². The monoisotopic (exact) mass is 267 g/mol. The van der Waals surface area contributed by atoms with Crippen LogP contribution < -0.4 is 0 Å². The van der Waals surface area contributed by atoms with Crippen LogP contribution >= 0.6 is 0 Å². The predicted molar refractivity (Wildman–Crippen MR) is 74.8 cm³/mol. The van der Waals surface area contributed by atoms with E-state index < -0.39 is 11.4 Å². The van der Waals surface area contributed by atoms with Crippen molar-refractivity contribution >= 4 is 11.9 Å². The highest BCUT2D eigenvalue weighted by Gasteiger charge is 2.42. The Kier molecular flexibility index (Phi) is 6.06. The van der Waals surface area contributed by atoms with E-state index in [-0.39, 0.29) is 12.3 Å². The first-order chi connectivity index (χ1) is 9.05. The van der Waals surface area contributed by atoms with Gasteiger partial charge in [-0.2, -0.15) is 0 Å². The Labute approximate surface area is 115 Å². The number of aliphatic carboxylic acids is 1. The maximum atomic E-state index is 12.3. The lowest BCUT2D eigenvalue weighted by atomic mass is 9.71. The van der Waals surface area contributed by atoms with E-state index in [2.05, 4.69) is 6.58 Å². The Morgan fingerprint density at radius 1 is 1.32 bits per heavy atom. The highest BCUT2D eigenvalue weighted by atomic mass is 16.4. The largest absolute Gasteiger partial charge is 0.481 e. The minimum atomic E-state index is -0.831. The molecule has 0 unspecified atom stereocenters. The van der Waals surface area contributed by atoms with Crippen molar-refractivity contribution in [2.75, 3.05) is 13.1 Å². The van der Waals surface area contributed by atoms with Gasteiger partial charge < -0.3 is 10.0 Å². The molecule has 0 spiro atoms. The third kappa shape index (κ3) is 4.08. The van der Waals surface area contributed by atoms with E-state index in [4.69, 9.17) is 0 Å². The molecule has 4 nitrogen and oxygen atoms in total. The fourth-order valence-corrected chi connectivity index (χ4v) is 2.84. The van der Waals surface area contributed by atoms with Gasteiger partial charge >= 0.3 is 5.97 Å². The molecule has 1 fully saturated rings. The zero-order valence-electron chi connectivity index (χ0n) is 11.9. The number of rotatable bonds is 7. The van der Waals surface area contributed by atoms with E-state index in [1.165, 1.54) is 0 Å². The van der Waals surface area contributed by atoms with Crippen LogP contribution in [0.3, 0.4) is 0 Å². The lowest BCUT2D eigenvalue weighted by Gasteiger charge is -2.34. The molecule has 1 aliphatic carbocycles. The molecule has 0 saturated heterocycles. The Bertz CT molecular complexity index is 332. The summed E-state index contributed by atoms with van der Waals surface area (Å²) in [6, 6.07) is 0. The van der Waals surface area contributed by atoms with Crippen molar-refractivity contribution in [1.29, 1.82) is 0 Å². The molecule has 1 saturated carbocycles. The summed E-state index contributed by atoms with van der Waals surface area (Å²) in [5.74, 6) is -0.860. The second-order valence-electron chi connectivity index (χ2n) is 5.45. The third-order valence-corrected chi connectivity index (χ3v) is 3.95. The van der Waals surface area contributed by atoms with Crippen LogP contribution in [-0.2, 0) is 9.59 Å². The van der Waals surface area contributed by atoms with Gasteiger partial charge in [0.05, 0.1) is 5.41 Å². The third-order valence-electron chi connectivity index (χ3n) is 3.95. The molecule has 1 N–H and O–H groups in total. The van der Waals surface area contributed by atoms with Crippen molar-refractivity contribution in [3.05, 3.63) is 12.7 Å². The van der Waals surface area contributed by atoms with Crippen LogP contribution in [0.1, 0.15) is 51.9 Å². The first-order valence-corrected chi connectivity index (χ1v) is 7.18. The molecule has 4 heteroatoms. The second-order valence-corrected chi connectivity index (χ2v) is 5.45. The molecule has 0 heterocycles. The number of carboxylic acid groups (broad SMARTS) is 1. The van der Waals surface area contributed by atoms with Gasteiger partial charge in [-0.25, -0.2) is 0 Å². The van der Waals surface area contributed by atoms with Crippen LogP contribution in [-0.4, -0.2) is 35.0 Å². The number of hydrogen-bond acceptors (Lipinski definition) is 2. The summed E-state index contributed by atoms with van der Waals surface area (Å²) < 4.78 is 0. The Morgan fingerprint density at radius 3 is 2.42 bits per heavy atom. The lowest BCUT2D eigenvalue weighted by molar-refractivity contribution is -0.155. The lowest BCUT2D eigenvalue weighted by Crippen LogP contribution is -2.41. The number of hydrogen-bond donors (Lipinski definition) is 1. The summed E-state index contributed by atoms with van der Waals surface area (Å²) in [5.41, 5.74) is -0.831. The minimum absolute atomic E-state index is 0.0500. The zero-order valence-corrected chi connectivity index (χ0v) is 11.9. The fraction of sp³-hybridized carbons (Fsp3) is 0.733. The van der Waals surface area contributed by atoms with Crippen molar-refractivity contribution in [3.63, 3.8) is 0 Å². The van der Waals surface area contributed by atoms with Gasteiger partial charge in [-0.3, -0.25) is 9.59 Å². The SMILES string of the molecule is C=CCN(CCC)C(=O)CC1(C(=O)O)CCCCC1. The van der Waals surface area contributed by atoms with Crippen LogP contribution in [0.2, 0.25) is 0 Å². The summed E-state index contributed by atoms with van der Waals surface area (Å²) in [5, 5.41) is 9.49. The molecule has 0 aromatic rings. The van der Waals surface area contributed by atoms with Gasteiger partial charge in [0.2, 0.25) is 5.91 Å². The van der Waals surface area contributed by atoms with Crippen LogP contribution in [0.25, 0.3) is 0 Å². The number of amides is 1. The Morgan fingerprint density at radius 2 is 1.95 bits per heavy atom. The van der Waals surface area contributed by atoms with Gasteiger partial charge in [0.1, 0.15) is 0 Å². The summed E-state index contributed by atoms with van der Waals surface area (Å²) in [6.07, 6.45) is 6.86. The van der Waals surface area contributed by atoms with Crippen LogP contribution in [0.4, 0.5) is 0 Å². The van der Waals surface area contributed by atoms with Crippen LogP contribution in [0.5, 0.6) is 0 Å². The molecular weight excluding hydrogens is 242 g/mol. The van der Waals surface area contributed by atoms with E-state index in [1.54, 1.807) is 11.0 Å². The molecule has 0 bridgehead atoms. The molecule has 108 valence electrons. The van der Waals surface area contributed by atoms with Gasteiger partial charge in [0, 0.05) is 19.5 Å². The summed E-state index contributed by atoms with van der Waals surface area (Å²) >= 11 is 0. The predicted octanol–water partition coefficient (Wildman–Crippen LogP) is 2.84. The maximum absolute atomic E-state index is 12.3. The molecule has 0 atom stereocenters. The Balaban J connectivity index is 2.74. The molecular formula is C15H25NO3. The van der Waals surface area contributed by atoms with Crippen molar-refractivity contribution in [3.8, 4) is 0 Å². The highest BCUT2D eigenvalue weighted by Crippen LogP contribution is 2.40. The number of nitrogens with zero attached hydrogens (tertiary/aromatic N) is 1. The van der Waals surface area contributed by atoms with E-state index >= 15 is 0 Å². The average Bonchev–Trinajstić information content (AvgIpc) is 2.39. The molecule has 0 aromatic carbocycles. The fourth-order valence-electron chi connectivity index (χ4n) is 2.84. The van der Waals surface area contributed by atoms with E-state index in [9.17, 15) is 14.7 Å². The topological polar surface area (TPSA) is 57.6 Å². The first kappa shape index (κ1) is 15.7. The molecule has 19 heavy (non-hydrogen) atoms.